The Morgan fingerprint density at radius 3 is 1.45 bits per heavy atom. The van der Waals surface area contributed by atoms with Crippen LogP contribution in [0.15, 0.2) is 59.7 Å². The van der Waals surface area contributed by atoms with E-state index in [1.54, 1.807) is 0 Å². The molecule has 0 aliphatic rings. The van der Waals surface area contributed by atoms with E-state index >= 15 is 0 Å². The van der Waals surface area contributed by atoms with Crippen molar-refractivity contribution in [2.24, 2.45) is 0 Å². The summed E-state index contributed by atoms with van der Waals surface area (Å²) in [5.74, 6) is 7.85. The predicted octanol–water partition coefficient (Wildman–Crippen LogP) is 18.0. The second-order valence-electron chi connectivity index (χ2n) is 16.5. The summed E-state index contributed by atoms with van der Waals surface area (Å²) in [5.41, 5.74) is 18.5. The maximum Gasteiger partial charge on any atom is 2.00 e. The summed E-state index contributed by atoms with van der Waals surface area (Å²) >= 11 is 0. The van der Waals surface area contributed by atoms with Crippen LogP contribution in [-0.4, -0.2) is 10.7 Å². The monoisotopic (exact) mass is 859 g/mol. The van der Waals surface area contributed by atoms with Crippen LogP contribution in [0.4, 0.5) is 0 Å². The van der Waals surface area contributed by atoms with Crippen molar-refractivity contribution in [2.75, 3.05) is 0 Å². The molecule has 2 aromatic rings. The number of allylic oxidation sites excluding steroid dienone is 2. The van der Waals surface area contributed by atoms with Crippen molar-refractivity contribution in [1.29, 1.82) is 0 Å². The minimum absolute atomic E-state index is 0. The summed E-state index contributed by atoms with van der Waals surface area (Å²) in [7, 11) is 0. The molecule has 2 nitrogen and oxygen atoms in total. The number of benzene rings is 2. The van der Waals surface area contributed by atoms with Crippen LogP contribution < -0.4 is 0 Å². The van der Waals surface area contributed by atoms with Gasteiger partial charge in [0.2, 0.25) is 0 Å². The van der Waals surface area contributed by atoms with Crippen molar-refractivity contribution in [1.82, 2.24) is 0 Å². The summed E-state index contributed by atoms with van der Waals surface area (Å²) in [6, 6.07) is 18.4. The normalized spacial score (nSPS) is 10.6. The molecular formula is C57H88N2Ni. The van der Waals surface area contributed by atoms with E-state index in [-0.39, 0.29) is 16.5 Å². The molecule has 0 fully saturated rings. The fourth-order valence-corrected chi connectivity index (χ4v) is 7.38. The molecule has 0 aliphatic carbocycles. The van der Waals surface area contributed by atoms with Gasteiger partial charge >= 0.3 is 22.4 Å². The van der Waals surface area contributed by atoms with Crippen molar-refractivity contribution in [3.63, 3.8) is 0 Å². The first kappa shape index (κ1) is 59.0. The smallest absolute Gasteiger partial charge is 0.694 e. The third kappa shape index (κ3) is 31.8. The molecule has 0 aliphatic heterocycles. The van der Waals surface area contributed by atoms with Crippen LogP contribution in [0.2, 0.25) is 0 Å². The topological polar surface area (TPSA) is 36.4 Å². The Balaban J connectivity index is 0. The van der Waals surface area contributed by atoms with Gasteiger partial charge in [-0.1, -0.05) is 212 Å². The summed E-state index contributed by atoms with van der Waals surface area (Å²) in [6.45, 7) is 13.5. The van der Waals surface area contributed by atoms with Crippen LogP contribution >= 0.6 is 0 Å². The first-order valence-corrected chi connectivity index (χ1v) is 24.7. The Morgan fingerprint density at radius 1 is 0.483 bits per heavy atom. The van der Waals surface area contributed by atoms with Gasteiger partial charge in [0.15, 0.2) is 0 Å². The number of rotatable bonds is 32. The number of hydrogen-bond acceptors (Lipinski definition) is 0. The summed E-state index contributed by atoms with van der Waals surface area (Å²) in [6.07, 6.45) is 51.0. The van der Waals surface area contributed by atoms with Gasteiger partial charge in [-0.15, -0.1) is 4.79 Å². The standard InChI is InChI=1S/C35H50N2.2C11H19.Ni/c1-5-9-13-15-18-30-19-16-21-32(27-30)35(31-25-23-29(24-26-31)17-11-7-3)34(22-14-10-6-2)33(28-37-36)20-12-8-4;2*1-3-5-7-9-11-10-8-6-4-2;/h16,19,21,23-27H,5-15,17-18,20,22H2,1-4H3;2*3,5-11H2,1H3;/q;2*-1;+2. The van der Waals surface area contributed by atoms with Crippen molar-refractivity contribution in [2.45, 2.75) is 241 Å². The zero-order chi connectivity index (χ0) is 43.4. The average molecular weight is 860 g/mol. The average Bonchev–Trinajstić information content (AvgIpc) is 3.26. The van der Waals surface area contributed by atoms with E-state index < -0.39 is 0 Å². The van der Waals surface area contributed by atoms with E-state index in [0.29, 0.717) is 0 Å². The zero-order valence-electron chi connectivity index (χ0n) is 39.7. The van der Waals surface area contributed by atoms with Gasteiger partial charge in [-0.25, -0.2) is 0 Å². The fraction of sp³-hybridized carbons (Fsp3) is 0.649. The molecule has 0 saturated heterocycles. The Labute approximate surface area is 383 Å². The third-order valence-electron chi connectivity index (χ3n) is 11.1. The van der Waals surface area contributed by atoms with Crippen LogP contribution in [0, 0.1) is 24.7 Å². The summed E-state index contributed by atoms with van der Waals surface area (Å²) < 4.78 is 0. The maximum atomic E-state index is 9.55. The van der Waals surface area contributed by atoms with Crippen molar-refractivity contribution in [3.8, 4) is 11.8 Å². The molecule has 0 saturated carbocycles. The molecule has 0 amide bonds. The van der Waals surface area contributed by atoms with Crippen LogP contribution in [0.25, 0.3) is 11.1 Å². The quantitative estimate of drug-likeness (QED) is 0.0103. The first-order chi connectivity index (χ1) is 29.0. The second kappa shape index (κ2) is 45.5. The van der Waals surface area contributed by atoms with Crippen molar-refractivity contribution >= 4 is 11.4 Å². The van der Waals surface area contributed by atoms with Gasteiger partial charge in [0.1, 0.15) is 0 Å². The summed E-state index contributed by atoms with van der Waals surface area (Å²) in [5, 5.41) is 0. The molecule has 2 aromatic carbocycles. The number of hydrogen-bond donors (Lipinski definition) is 0. The van der Waals surface area contributed by atoms with E-state index in [1.165, 1.54) is 162 Å². The summed E-state index contributed by atoms with van der Waals surface area (Å²) in [4.78, 5) is 3.41. The first-order valence-electron chi connectivity index (χ1n) is 24.7. The largest absolute Gasteiger partial charge is 2.00 e. The Morgan fingerprint density at radius 2 is 0.950 bits per heavy atom. The number of aryl methyl sites for hydroxylation is 2. The van der Waals surface area contributed by atoms with E-state index in [2.05, 4.69) is 113 Å². The van der Waals surface area contributed by atoms with Crippen LogP contribution in [0.3, 0.4) is 0 Å². The number of nitrogens with zero attached hydrogens (tertiary/aromatic N) is 2. The third-order valence-corrected chi connectivity index (χ3v) is 11.1. The van der Waals surface area contributed by atoms with Gasteiger partial charge in [-0.3, -0.25) is 0 Å². The van der Waals surface area contributed by atoms with Crippen LogP contribution in [0.5, 0.6) is 0 Å². The molecule has 0 atom stereocenters. The molecule has 0 bridgehead atoms. The molecule has 0 N–H and O–H groups in total. The van der Waals surface area contributed by atoms with E-state index in [9.17, 15) is 5.53 Å². The SMILES string of the molecule is CCCCCCc1cccc(C(=C(CCCCC)C(=C=[N+]=[N-])CCCC)c2ccc(CCCC)cc2)c1.[C-]#CCCCCCCCCC.[C-]#CCCCCCCCCC.[Ni+2]. The van der Waals surface area contributed by atoms with Gasteiger partial charge in [0, 0.05) is 0 Å². The van der Waals surface area contributed by atoms with Gasteiger partial charge in [0.05, 0.1) is 5.57 Å². The number of unbranched alkanes of at least 4 members (excludes halogenated alkanes) is 21. The zero-order valence-corrected chi connectivity index (χ0v) is 40.7. The van der Waals surface area contributed by atoms with Gasteiger partial charge in [-0.2, -0.15) is 0 Å². The molecule has 2 rings (SSSR count). The molecule has 336 valence electrons. The second-order valence-corrected chi connectivity index (χ2v) is 16.5. The molecule has 0 heterocycles. The molecule has 3 heteroatoms. The molecular weight excluding hydrogens is 771 g/mol. The molecule has 0 unspecified atom stereocenters. The minimum Gasteiger partial charge on any atom is -0.694 e. The molecule has 0 aromatic heterocycles. The van der Waals surface area contributed by atoms with E-state index in [4.69, 9.17) is 12.8 Å². The molecule has 0 radical (unpaired) electrons. The predicted molar refractivity (Wildman–Crippen MR) is 261 cm³/mol. The van der Waals surface area contributed by atoms with E-state index in [0.717, 1.165) is 76.2 Å². The van der Waals surface area contributed by atoms with Gasteiger partial charge < -0.3 is 30.2 Å². The Bertz CT molecular complexity index is 1450. The minimum atomic E-state index is 0. The fourth-order valence-electron chi connectivity index (χ4n) is 7.38. The molecule has 60 heavy (non-hydrogen) atoms. The van der Waals surface area contributed by atoms with Crippen molar-refractivity contribution < 1.29 is 21.3 Å². The van der Waals surface area contributed by atoms with Crippen molar-refractivity contribution in [3.05, 3.63) is 100 Å². The Kier molecular flexibility index (Phi) is 44.8. The van der Waals surface area contributed by atoms with Crippen LogP contribution in [-0.2, 0) is 29.3 Å². The van der Waals surface area contributed by atoms with Gasteiger partial charge in [0.25, 0.3) is 0 Å². The Hall–Kier alpha value is -3.05. The maximum absolute atomic E-state index is 9.55. The van der Waals surface area contributed by atoms with E-state index in [1.807, 2.05) is 0 Å². The van der Waals surface area contributed by atoms with Crippen LogP contribution in [0.1, 0.15) is 250 Å². The molecule has 0 spiro atoms. The van der Waals surface area contributed by atoms with Gasteiger partial charge in [-0.05, 0) is 110 Å².